The number of methoxy groups -OCH3 is 1. The number of aromatic carboxylic acids is 1. The van der Waals surface area contributed by atoms with Crippen molar-refractivity contribution >= 4 is 74.7 Å². The first-order valence-corrected chi connectivity index (χ1v) is 29.4. The molecule has 1 unspecified atom stereocenters. The molecule has 24 heteroatoms. The maximum absolute atomic E-state index is 14.5. The van der Waals surface area contributed by atoms with Gasteiger partial charge >= 0.3 is 23.9 Å². The second-order valence-corrected chi connectivity index (χ2v) is 25.4. The predicted molar refractivity (Wildman–Crippen MR) is 302 cm³/mol. The number of esters is 3. The first kappa shape index (κ1) is 64.3. The minimum absolute atomic E-state index is 0.00432. The van der Waals surface area contributed by atoms with Crippen molar-refractivity contribution in [1.29, 1.82) is 0 Å². The number of fused-ring (bicyclic) bond motifs is 5. The summed E-state index contributed by atoms with van der Waals surface area (Å²) in [5, 5.41) is 50.1. The molecule has 80 heavy (non-hydrogen) atoms. The number of hydrogen-bond donors (Lipinski definition) is 5. The molecular weight excluding hydrogens is 1180 g/mol. The Bertz CT molecular complexity index is 2600. The van der Waals surface area contributed by atoms with E-state index in [9.17, 15) is 44.4 Å². The number of carbonyl (C=O) groups is 4. The number of ether oxygens (including phenoxy) is 9. The molecule has 5 N–H and O–H groups in total. The number of nitrogens with zero attached hydrogens (tertiary/aromatic N) is 3. The van der Waals surface area contributed by atoms with Crippen LogP contribution in [0, 0.1) is 23.7 Å². The van der Waals surface area contributed by atoms with Crippen LogP contribution >= 0.6 is 34.2 Å². The Hall–Kier alpha value is -3.31. The summed E-state index contributed by atoms with van der Waals surface area (Å²) in [7, 11) is 7.00. The minimum Gasteiger partial charge on any atom is -0.477 e. The monoisotopic (exact) mass is 1260 g/mol. The summed E-state index contributed by atoms with van der Waals surface area (Å²) >= 11 is 8.42. The molecule has 450 valence electrons. The minimum atomic E-state index is -1.97. The summed E-state index contributed by atoms with van der Waals surface area (Å²) in [6, 6.07) is 2.23. The number of benzene rings is 1. The van der Waals surface area contributed by atoms with Crippen molar-refractivity contribution in [2.75, 3.05) is 59.9 Å². The third-order valence-corrected chi connectivity index (χ3v) is 19.1. The number of nitrogens with one attached hydrogen (secondary N) is 1. The number of rotatable bonds is 14. The van der Waals surface area contributed by atoms with E-state index < -0.39 is 129 Å². The van der Waals surface area contributed by atoms with Gasteiger partial charge in [0.15, 0.2) is 28.9 Å². The molecule has 0 spiro atoms. The highest BCUT2D eigenvalue weighted by atomic mass is 127. The van der Waals surface area contributed by atoms with E-state index in [4.69, 9.17) is 54.2 Å². The summed E-state index contributed by atoms with van der Waals surface area (Å²) in [6.07, 6.45) is -5.60. The number of aliphatic hydroxyl groups is 3. The van der Waals surface area contributed by atoms with Gasteiger partial charge < -0.3 is 82.7 Å². The van der Waals surface area contributed by atoms with Gasteiger partial charge in [-0.05, 0) is 136 Å². The molecule has 5 heterocycles. The highest BCUT2D eigenvalue weighted by Crippen LogP contribution is 2.44. The molecule has 1 aliphatic carbocycles. The normalized spacial score (nSPS) is 38.9. The molecule has 2 aromatic rings. The SMILES string of the molecule is CO[C@]1(C)C[C@H](O[C@H]2[C@H](C)[C@H]3O[C@@H]4O[C@H](C)C[C@H](N(C)C)[C@H]4OC(=O)C(C)[C@@H](CN(C)[C@H](C)[C@@H](O)[C@](C)(O)[C@@H](I)OC(=O)[C@@H]2C)C[C@@]3(C)O)O[C@@H](C)[C@@H]1OC(=O)CCOCCNc1cc2c(=O)c(C(=O)O)cn(C3CC3)c2cc1Cl. The number of carboxylic acids is 1. The Labute approximate surface area is 486 Å². The molecule has 22 nitrogen and oxygen atoms in total. The van der Waals surface area contributed by atoms with Gasteiger partial charge in [0.1, 0.15) is 22.9 Å². The van der Waals surface area contributed by atoms with E-state index in [2.05, 4.69) is 5.32 Å². The van der Waals surface area contributed by atoms with Crippen molar-refractivity contribution in [2.24, 2.45) is 23.7 Å². The molecule has 5 aliphatic rings. The number of anilines is 1. The van der Waals surface area contributed by atoms with Crippen LogP contribution in [0.2, 0.25) is 5.02 Å². The van der Waals surface area contributed by atoms with Gasteiger partial charge in [-0.15, -0.1) is 0 Å². The van der Waals surface area contributed by atoms with E-state index in [0.717, 1.165) is 12.8 Å². The molecular formula is C56H84ClIN4O18. The molecule has 5 fully saturated rings. The molecule has 0 radical (unpaired) electrons. The summed E-state index contributed by atoms with van der Waals surface area (Å²) in [5.74, 6) is -6.56. The van der Waals surface area contributed by atoms with Gasteiger partial charge in [-0.2, -0.15) is 0 Å². The number of alkyl halides is 1. The Balaban J connectivity index is 1.08. The Kier molecular flexibility index (Phi) is 20.8. The van der Waals surface area contributed by atoms with E-state index in [1.807, 2.05) is 25.9 Å². The molecule has 1 aromatic carbocycles. The number of pyridine rings is 1. The third-order valence-electron chi connectivity index (χ3n) is 17.3. The van der Waals surface area contributed by atoms with E-state index in [1.165, 1.54) is 20.2 Å². The predicted octanol–water partition coefficient (Wildman–Crippen LogP) is 5.14. The van der Waals surface area contributed by atoms with Crippen LogP contribution in [0.1, 0.15) is 117 Å². The number of cyclic esters (lactones) is 1. The number of hydrogen-bond acceptors (Lipinski definition) is 20. The Morgan fingerprint density at radius 2 is 1.62 bits per heavy atom. The highest BCUT2D eigenvalue weighted by molar-refractivity contribution is 14.1. The van der Waals surface area contributed by atoms with E-state index in [1.54, 1.807) is 99.7 Å². The van der Waals surface area contributed by atoms with Crippen molar-refractivity contribution in [3.63, 3.8) is 0 Å². The molecule has 1 saturated carbocycles. The van der Waals surface area contributed by atoms with Gasteiger partial charge in [-0.1, -0.05) is 25.4 Å². The van der Waals surface area contributed by atoms with Gasteiger partial charge in [0, 0.05) is 56.2 Å². The summed E-state index contributed by atoms with van der Waals surface area (Å²) in [6.45, 7) is 15.8. The average Bonchev–Trinajstić information content (AvgIpc) is 4.40. The number of likely N-dealkylation sites (N-methyl/N-ethyl adjacent to an activating group) is 2. The maximum atomic E-state index is 14.5. The fourth-order valence-electron chi connectivity index (χ4n) is 12.0. The van der Waals surface area contributed by atoms with Crippen molar-refractivity contribution < 1.29 is 82.2 Å². The summed E-state index contributed by atoms with van der Waals surface area (Å²) in [4.78, 5) is 71.1. The van der Waals surface area contributed by atoms with Crippen LogP contribution < -0.4 is 10.7 Å². The lowest BCUT2D eigenvalue weighted by molar-refractivity contribution is -0.321. The number of aliphatic hydroxyl groups excluding tert-OH is 1. The van der Waals surface area contributed by atoms with Gasteiger partial charge in [-0.25, -0.2) is 4.79 Å². The number of aromatic nitrogens is 1. The first-order valence-electron chi connectivity index (χ1n) is 27.7. The molecule has 0 amide bonds. The van der Waals surface area contributed by atoms with Gasteiger partial charge in [0.2, 0.25) is 5.43 Å². The standard InChI is InChI=1S/C56H84ClIN4O18/c1-27-20-40(60(10)11)45-52(74-27)79-47-29(3)44(30(4)51(69)80-53(58)56(9,71)46(65)31(5)61(12)25-33(23-54(47,7)70)28(2)50(68)78-45)77-42-24-55(8,72-13)48(32(6)75-42)76-41(63)16-18-73-19-17-59-38-21-35-39(22-37(38)57)62(34-14-15-34)26-36(43(35)64)49(66)67/h21-22,26-34,40,42,44-48,52-53,59,65,70-71H,14-20,23-25H2,1-13H3,(H,66,67)/t27-,28?,29+,30-,31-,32+,33-,40+,42+,44+,45-,46-,47-,48+,52+,53+,54-,55-,56+/m1/s1. The van der Waals surface area contributed by atoms with Crippen LogP contribution in [0.5, 0.6) is 0 Å². The molecule has 1 aromatic heterocycles. The highest BCUT2D eigenvalue weighted by Gasteiger charge is 2.55. The third kappa shape index (κ3) is 14.1. The van der Waals surface area contributed by atoms with Gasteiger partial charge in [0.25, 0.3) is 0 Å². The van der Waals surface area contributed by atoms with Crippen molar-refractivity contribution in [1.82, 2.24) is 14.4 Å². The van der Waals surface area contributed by atoms with Crippen LogP contribution in [0.25, 0.3) is 10.9 Å². The lowest BCUT2D eigenvalue weighted by Gasteiger charge is -2.50. The largest absolute Gasteiger partial charge is 0.477 e. The van der Waals surface area contributed by atoms with Crippen molar-refractivity contribution in [2.45, 2.75) is 195 Å². The van der Waals surface area contributed by atoms with Crippen LogP contribution in [0.4, 0.5) is 5.69 Å². The maximum Gasteiger partial charge on any atom is 0.341 e. The van der Waals surface area contributed by atoms with Gasteiger partial charge in [0.05, 0.1) is 83.8 Å². The Morgan fingerprint density at radius 3 is 2.26 bits per heavy atom. The van der Waals surface area contributed by atoms with Crippen molar-refractivity contribution in [3.05, 3.63) is 39.1 Å². The van der Waals surface area contributed by atoms with Crippen LogP contribution in [0.3, 0.4) is 0 Å². The second-order valence-electron chi connectivity index (χ2n) is 23.9. The van der Waals surface area contributed by atoms with Crippen LogP contribution in [-0.2, 0) is 57.0 Å². The van der Waals surface area contributed by atoms with Crippen molar-refractivity contribution in [3.8, 4) is 0 Å². The molecule has 19 atom stereocenters. The summed E-state index contributed by atoms with van der Waals surface area (Å²) < 4.78 is 57.7. The number of halogens is 2. The lowest BCUT2D eigenvalue weighted by Crippen LogP contribution is -2.62. The quantitative estimate of drug-likeness (QED) is 0.0539. The molecule has 2 bridgehead atoms. The molecule has 4 saturated heterocycles. The first-order chi connectivity index (χ1) is 37.4. The second kappa shape index (κ2) is 25.9. The van der Waals surface area contributed by atoms with Gasteiger partial charge in [-0.3, -0.25) is 19.2 Å². The van der Waals surface area contributed by atoms with Crippen LogP contribution in [-0.4, -0.2) is 202 Å². The fraction of sp³-hybridized carbons (Fsp3) is 0.768. The van der Waals surface area contributed by atoms with E-state index >= 15 is 0 Å². The van der Waals surface area contributed by atoms with E-state index in [-0.39, 0.29) is 74.7 Å². The summed E-state index contributed by atoms with van der Waals surface area (Å²) in [5.41, 5.74) is -4.86. The number of carboxylic acid groups (broad SMARTS) is 1. The van der Waals surface area contributed by atoms with Crippen LogP contribution in [0.15, 0.2) is 23.1 Å². The zero-order chi connectivity index (χ0) is 59.1. The Morgan fingerprint density at radius 1 is 0.950 bits per heavy atom. The number of carbonyl (C=O) groups excluding carboxylic acids is 3. The fourth-order valence-corrected chi connectivity index (χ4v) is 12.8. The zero-order valence-corrected chi connectivity index (χ0v) is 51.1. The molecule has 4 aliphatic heterocycles. The zero-order valence-electron chi connectivity index (χ0n) is 48.2. The van der Waals surface area contributed by atoms with E-state index in [0.29, 0.717) is 22.6 Å². The average molecular weight is 1260 g/mol. The molecule has 7 rings (SSSR count). The lowest BCUT2D eigenvalue weighted by atomic mass is 9.74. The smallest absolute Gasteiger partial charge is 0.341 e. The topological polar surface area (TPSA) is 273 Å².